The van der Waals surface area contributed by atoms with Gasteiger partial charge in [0.15, 0.2) is 23.0 Å². The van der Waals surface area contributed by atoms with E-state index < -0.39 is 0 Å². The number of ether oxygens (including phenoxy) is 2. The number of likely N-dealkylation sites (tertiary alicyclic amines) is 1. The van der Waals surface area contributed by atoms with Gasteiger partial charge in [0.05, 0.1) is 27.0 Å². The predicted octanol–water partition coefficient (Wildman–Crippen LogP) is 4.39. The molecular formula is C24H26N4O3. The van der Waals surface area contributed by atoms with Crippen LogP contribution in [0, 0.1) is 0 Å². The van der Waals surface area contributed by atoms with E-state index in [9.17, 15) is 0 Å². The quantitative estimate of drug-likeness (QED) is 0.463. The van der Waals surface area contributed by atoms with Crippen molar-refractivity contribution < 1.29 is 13.9 Å². The van der Waals surface area contributed by atoms with Crippen molar-refractivity contribution in [3.8, 4) is 22.6 Å². The second-order valence-corrected chi connectivity index (χ2v) is 7.89. The number of hydrogen-bond acceptors (Lipinski definition) is 6. The van der Waals surface area contributed by atoms with Crippen LogP contribution in [-0.2, 0) is 6.54 Å². The van der Waals surface area contributed by atoms with Crippen molar-refractivity contribution in [2.24, 2.45) is 0 Å². The maximum Gasteiger partial charge on any atom is 0.168 e. The fourth-order valence-corrected chi connectivity index (χ4v) is 4.38. The van der Waals surface area contributed by atoms with Crippen LogP contribution >= 0.6 is 0 Å². The second-order valence-electron chi connectivity index (χ2n) is 7.89. The Kier molecular flexibility index (Phi) is 5.34. The lowest BCUT2D eigenvalue weighted by molar-refractivity contribution is 0.183. The first kappa shape index (κ1) is 19.6. The lowest BCUT2D eigenvalue weighted by Crippen LogP contribution is -2.34. The molecule has 7 heteroatoms. The van der Waals surface area contributed by atoms with Crippen molar-refractivity contribution in [2.75, 3.05) is 27.3 Å². The Bertz CT molecular complexity index is 1170. The van der Waals surface area contributed by atoms with Crippen molar-refractivity contribution in [3.63, 3.8) is 0 Å². The monoisotopic (exact) mass is 418 g/mol. The van der Waals surface area contributed by atoms with Crippen molar-refractivity contribution in [1.29, 1.82) is 0 Å². The number of para-hydroxylation sites is 1. The molecule has 5 rings (SSSR count). The average molecular weight is 418 g/mol. The topological polar surface area (TPSA) is 65.0 Å². The van der Waals surface area contributed by atoms with Gasteiger partial charge in [-0.2, -0.15) is 5.10 Å². The number of aromatic nitrogens is 3. The molecular weight excluding hydrogens is 392 g/mol. The van der Waals surface area contributed by atoms with E-state index in [1.54, 1.807) is 20.5 Å². The van der Waals surface area contributed by atoms with Gasteiger partial charge in [-0.25, -0.2) is 9.50 Å². The largest absolute Gasteiger partial charge is 0.493 e. The van der Waals surface area contributed by atoms with E-state index in [1.165, 1.54) is 0 Å². The second kappa shape index (κ2) is 8.43. The molecule has 1 atom stereocenters. The summed E-state index contributed by atoms with van der Waals surface area (Å²) in [5.41, 5.74) is 2.81. The maximum absolute atomic E-state index is 5.61. The SMILES string of the molecule is COc1cccc(-c2ccc3nc(C4CCCN(Cc5ccco5)C4)nn3c2)c1OC. The fraction of sp³-hybridized carbons (Fsp3) is 0.333. The zero-order chi connectivity index (χ0) is 21.2. The highest BCUT2D eigenvalue weighted by molar-refractivity contribution is 5.74. The molecule has 1 fully saturated rings. The first-order valence-electron chi connectivity index (χ1n) is 10.6. The summed E-state index contributed by atoms with van der Waals surface area (Å²) in [5, 5.41) is 4.84. The highest BCUT2D eigenvalue weighted by Gasteiger charge is 2.25. The van der Waals surface area contributed by atoms with Crippen LogP contribution in [0.15, 0.2) is 59.3 Å². The number of pyridine rings is 1. The van der Waals surface area contributed by atoms with Crippen LogP contribution in [0.4, 0.5) is 0 Å². The Morgan fingerprint density at radius 1 is 1.10 bits per heavy atom. The summed E-state index contributed by atoms with van der Waals surface area (Å²) in [7, 11) is 3.30. The Labute approximate surface area is 181 Å². The number of methoxy groups -OCH3 is 2. The van der Waals surface area contributed by atoms with Crippen LogP contribution in [0.3, 0.4) is 0 Å². The first-order valence-corrected chi connectivity index (χ1v) is 10.6. The number of furan rings is 1. The summed E-state index contributed by atoms with van der Waals surface area (Å²) < 4.78 is 18.4. The molecule has 1 saturated heterocycles. The van der Waals surface area contributed by atoms with Gasteiger partial charge in [0.1, 0.15) is 5.76 Å². The van der Waals surface area contributed by atoms with Crippen LogP contribution in [0.2, 0.25) is 0 Å². The molecule has 3 aromatic heterocycles. The summed E-state index contributed by atoms with van der Waals surface area (Å²) in [6, 6.07) is 13.9. The fourth-order valence-electron chi connectivity index (χ4n) is 4.38. The van der Waals surface area contributed by atoms with Gasteiger partial charge in [0.25, 0.3) is 0 Å². The smallest absolute Gasteiger partial charge is 0.168 e. The van der Waals surface area contributed by atoms with Crippen molar-refractivity contribution >= 4 is 5.65 Å². The molecule has 1 unspecified atom stereocenters. The van der Waals surface area contributed by atoms with Gasteiger partial charge < -0.3 is 13.9 Å². The van der Waals surface area contributed by atoms with Gasteiger partial charge in [-0.05, 0) is 49.7 Å². The molecule has 0 amide bonds. The maximum atomic E-state index is 5.61. The Morgan fingerprint density at radius 2 is 2.03 bits per heavy atom. The minimum atomic E-state index is 0.318. The molecule has 0 bridgehead atoms. The average Bonchev–Trinajstić information content (AvgIpc) is 3.47. The minimum absolute atomic E-state index is 0.318. The van der Waals surface area contributed by atoms with Gasteiger partial charge in [0.2, 0.25) is 0 Å². The van der Waals surface area contributed by atoms with Gasteiger partial charge in [-0.1, -0.05) is 12.1 Å². The third-order valence-corrected chi connectivity index (χ3v) is 5.89. The van der Waals surface area contributed by atoms with Gasteiger partial charge in [0, 0.05) is 29.8 Å². The molecule has 1 aromatic carbocycles. The van der Waals surface area contributed by atoms with Gasteiger partial charge in [-0.15, -0.1) is 0 Å². The summed E-state index contributed by atoms with van der Waals surface area (Å²) in [6.45, 7) is 2.84. The highest BCUT2D eigenvalue weighted by Crippen LogP contribution is 2.37. The number of rotatable bonds is 6. The highest BCUT2D eigenvalue weighted by atomic mass is 16.5. The van der Waals surface area contributed by atoms with Crippen LogP contribution in [0.5, 0.6) is 11.5 Å². The van der Waals surface area contributed by atoms with E-state index in [2.05, 4.69) is 11.0 Å². The summed E-state index contributed by atoms with van der Waals surface area (Å²) in [6.07, 6.45) is 5.97. The Balaban J connectivity index is 1.41. The summed E-state index contributed by atoms with van der Waals surface area (Å²) in [5.74, 6) is 3.64. The predicted molar refractivity (Wildman–Crippen MR) is 117 cm³/mol. The normalized spacial score (nSPS) is 17.2. The van der Waals surface area contributed by atoms with E-state index in [-0.39, 0.29) is 0 Å². The molecule has 0 spiro atoms. The van der Waals surface area contributed by atoms with Crippen LogP contribution < -0.4 is 9.47 Å². The zero-order valence-electron chi connectivity index (χ0n) is 17.8. The number of nitrogens with zero attached hydrogens (tertiary/aromatic N) is 4. The molecule has 0 aliphatic carbocycles. The molecule has 31 heavy (non-hydrogen) atoms. The van der Waals surface area contributed by atoms with E-state index in [4.69, 9.17) is 24.0 Å². The van der Waals surface area contributed by atoms with E-state index in [0.717, 1.165) is 60.8 Å². The van der Waals surface area contributed by atoms with Crippen LogP contribution in [0.25, 0.3) is 16.8 Å². The third kappa shape index (κ3) is 3.88. The van der Waals surface area contributed by atoms with E-state index in [1.807, 2.05) is 47.1 Å². The number of piperidine rings is 1. The Morgan fingerprint density at radius 3 is 2.84 bits per heavy atom. The first-order chi connectivity index (χ1) is 15.2. The molecule has 0 N–H and O–H groups in total. The molecule has 1 aliphatic heterocycles. The number of benzene rings is 1. The molecule has 160 valence electrons. The van der Waals surface area contributed by atoms with E-state index in [0.29, 0.717) is 17.4 Å². The molecule has 7 nitrogen and oxygen atoms in total. The van der Waals surface area contributed by atoms with Crippen molar-refractivity contribution in [3.05, 3.63) is 66.5 Å². The molecule has 4 aromatic rings. The van der Waals surface area contributed by atoms with E-state index >= 15 is 0 Å². The molecule has 1 aliphatic rings. The molecule has 0 radical (unpaired) electrons. The van der Waals surface area contributed by atoms with Crippen LogP contribution in [-0.4, -0.2) is 46.8 Å². The lowest BCUT2D eigenvalue weighted by atomic mass is 9.97. The lowest BCUT2D eigenvalue weighted by Gasteiger charge is -2.30. The van der Waals surface area contributed by atoms with Crippen molar-refractivity contribution in [2.45, 2.75) is 25.3 Å². The molecule has 4 heterocycles. The zero-order valence-corrected chi connectivity index (χ0v) is 17.8. The van der Waals surface area contributed by atoms with Gasteiger partial charge >= 0.3 is 0 Å². The van der Waals surface area contributed by atoms with Crippen LogP contribution in [0.1, 0.15) is 30.3 Å². The number of fused-ring (bicyclic) bond motifs is 1. The molecule has 0 saturated carbocycles. The van der Waals surface area contributed by atoms with Gasteiger partial charge in [-0.3, -0.25) is 4.90 Å². The number of hydrogen-bond donors (Lipinski definition) is 0. The standard InChI is InChI=1S/C24H26N4O3/c1-29-21-9-3-8-20(23(21)30-2)17-10-11-22-25-24(26-28(22)15-17)18-6-4-12-27(14-18)16-19-7-5-13-31-19/h3,5,7-11,13,15,18H,4,6,12,14,16H2,1-2H3. The summed E-state index contributed by atoms with van der Waals surface area (Å²) in [4.78, 5) is 7.25. The third-order valence-electron chi connectivity index (χ3n) is 5.89. The summed E-state index contributed by atoms with van der Waals surface area (Å²) >= 11 is 0. The van der Waals surface area contributed by atoms with Crippen molar-refractivity contribution in [1.82, 2.24) is 19.5 Å². The minimum Gasteiger partial charge on any atom is -0.493 e. The Hall–Kier alpha value is -3.32.